The van der Waals surface area contributed by atoms with E-state index in [0.717, 1.165) is 24.3 Å². The van der Waals surface area contributed by atoms with E-state index in [1.807, 2.05) is 0 Å². The number of anilines is 1. The Balaban J connectivity index is 1.94. The number of carbonyl (C=O) groups is 2. The largest absolute Gasteiger partial charge is 0.375 e. The van der Waals surface area contributed by atoms with Gasteiger partial charge in [0.15, 0.2) is 11.4 Å². The number of Topliss-reactive ketones (excluding diaryl/α,β-unsaturated/α-hetero) is 1. The summed E-state index contributed by atoms with van der Waals surface area (Å²) in [5.74, 6) is -2.46. The van der Waals surface area contributed by atoms with Gasteiger partial charge in [-0.25, -0.2) is 8.78 Å². The first-order chi connectivity index (χ1) is 10.4. The minimum absolute atomic E-state index is 0.0213. The minimum atomic E-state index is -2.14. The van der Waals surface area contributed by atoms with Gasteiger partial charge in [-0.2, -0.15) is 0 Å². The summed E-state index contributed by atoms with van der Waals surface area (Å²) < 4.78 is 26.2. The second kappa shape index (κ2) is 4.99. The molecule has 1 heterocycles. The SMILES string of the molecule is O=C(C[C@]1(O)C(=O)Nc2ccc(F)cc21)c1ccc(F)cc1. The third-order valence-corrected chi connectivity index (χ3v) is 3.63. The van der Waals surface area contributed by atoms with Gasteiger partial charge in [-0.3, -0.25) is 9.59 Å². The van der Waals surface area contributed by atoms with E-state index < -0.39 is 35.3 Å². The van der Waals surface area contributed by atoms with Gasteiger partial charge in [0.1, 0.15) is 11.6 Å². The van der Waals surface area contributed by atoms with Gasteiger partial charge in [0, 0.05) is 16.8 Å². The summed E-state index contributed by atoms with van der Waals surface area (Å²) in [7, 11) is 0. The highest BCUT2D eigenvalue weighted by atomic mass is 19.1. The van der Waals surface area contributed by atoms with Crippen LogP contribution in [-0.2, 0) is 10.4 Å². The van der Waals surface area contributed by atoms with Crippen LogP contribution in [0.25, 0.3) is 0 Å². The van der Waals surface area contributed by atoms with Gasteiger partial charge in [-0.1, -0.05) is 0 Å². The molecular weight excluding hydrogens is 292 g/mol. The average Bonchev–Trinajstić information content (AvgIpc) is 2.71. The van der Waals surface area contributed by atoms with Crippen LogP contribution in [0.5, 0.6) is 0 Å². The van der Waals surface area contributed by atoms with Crippen LogP contribution in [0.2, 0.25) is 0 Å². The number of amides is 1. The number of halogens is 2. The Morgan fingerprint density at radius 1 is 1.09 bits per heavy atom. The third kappa shape index (κ3) is 2.27. The zero-order valence-electron chi connectivity index (χ0n) is 11.3. The number of carbonyl (C=O) groups excluding carboxylic acids is 2. The van der Waals surface area contributed by atoms with Crippen LogP contribution in [-0.4, -0.2) is 16.8 Å². The molecule has 0 fully saturated rings. The van der Waals surface area contributed by atoms with E-state index in [-0.39, 0.29) is 16.8 Å². The molecule has 6 heteroatoms. The lowest BCUT2D eigenvalue weighted by Gasteiger charge is -2.20. The molecule has 0 radical (unpaired) electrons. The number of fused-ring (bicyclic) bond motifs is 1. The fourth-order valence-corrected chi connectivity index (χ4v) is 2.46. The van der Waals surface area contributed by atoms with Gasteiger partial charge in [-0.15, -0.1) is 0 Å². The maximum absolute atomic E-state index is 13.4. The molecule has 2 aromatic carbocycles. The smallest absolute Gasteiger partial charge is 0.261 e. The van der Waals surface area contributed by atoms with E-state index >= 15 is 0 Å². The van der Waals surface area contributed by atoms with Crippen molar-refractivity contribution in [1.82, 2.24) is 0 Å². The summed E-state index contributed by atoms with van der Waals surface area (Å²) >= 11 is 0. The summed E-state index contributed by atoms with van der Waals surface area (Å²) in [5, 5.41) is 13.0. The Labute approximate surface area is 124 Å². The summed E-state index contributed by atoms with van der Waals surface area (Å²) in [6, 6.07) is 8.24. The molecule has 3 rings (SSSR count). The predicted molar refractivity (Wildman–Crippen MR) is 74.3 cm³/mol. The quantitative estimate of drug-likeness (QED) is 0.856. The van der Waals surface area contributed by atoms with Gasteiger partial charge >= 0.3 is 0 Å². The zero-order valence-corrected chi connectivity index (χ0v) is 11.3. The van der Waals surface area contributed by atoms with Crippen molar-refractivity contribution in [3.05, 3.63) is 65.2 Å². The zero-order chi connectivity index (χ0) is 15.9. The molecule has 2 aromatic rings. The molecule has 0 bridgehead atoms. The molecule has 22 heavy (non-hydrogen) atoms. The summed E-state index contributed by atoms with van der Waals surface area (Å²) in [6.07, 6.45) is -0.555. The Morgan fingerprint density at radius 3 is 2.41 bits per heavy atom. The van der Waals surface area contributed by atoms with Gasteiger partial charge in [0.25, 0.3) is 5.91 Å². The first-order valence-electron chi connectivity index (χ1n) is 6.53. The van der Waals surface area contributed by atoms with Gasteiger partial charge < -0.3 is 10.4 Å². The van der Waals surface area contributed by atoms with Crippen LogP contribution >= 0.6 is 0 Å². The maximum atomic E-state index is 13.4. The number of nitrogens with one attached hydrogen (secondary N) is 1. The van der Waals surface area contributed by atoms with Gasteiger partial charge in [0.05, 0.1) is 6.42 Å². The lowest BCUT2D eigenvalue weighted by molar-refractivity contribution is -0.133. The third-order valence-electron chi connectivity index (χ3n) is 3.63. The van der Waals surface area contributed by atoms with Crippen molar-refractivity contribution < 1.29 is 23.5 Å². The molecule has 0 aromatic heterocycles. The molecule has 1 aliphatic rings. The number of hydrogen-bond acceptors (Lipinski definition) is 3. The van der Waals surface area contributed by atoms with Crippen molar-refractivity contribution in [2.45, 2.75) is 12.0 Å². The van der Waals surface area contributed by atoms with Gasteiger partial charge in [0.2, 0.25) is 0 Å². The number of hydrogen-bond donors (Lipinski definition) is 2. The molecule has 1 aliphatic heterocycles. The van der Waals surface area contributed by atoms with Gasteiger partial charge in [-0.05, 0) is 42.5 Å². The maximum Gasteiger partial charge on any atom is 0.261 e. The molecule has 1 amide bonds. The minimum Gasteiger partial charge on any atom is -0.375 e. The topological polar surface area (TPSA) is 66.4 Å². The molecule has 0 aliphatic carbocycles. The van der Waals surface area contributed by atoms with Crippen LogP contribution in [0.15, 0.2) is 42.5 Å². The van der Waals surface area contributed by atoms with E-state index in [2.05, 4.69) is 5.32 Å². The second-order valence-electron chi connectivity index (χ2n) is 5.11. The predicted octanol–water partition coefficient (Wildman–Crippen LogP) is 2.38. The first-order valence-corrected chi connectivity index (χ1v) is 6.53. The lowest BCUT2D eigenvalue weighted by atomic mass is 9.88. The fourth-order valence-electron chi connectivity index (χ4n) is 2.46. The highest BCUT2D eigenvalue weighted by Crippen LogP contribution is 2.39. The normalized spacial score (nSPS) is 19.7. The Bertz CT molecular complexity index is 773. The van der Waals surface area contributed by atoms with E-state index in [1.165, 1.54) is 18.2 Å². The molecule has 0 unspecified atom stereocenters. The van der Waals surface area contributed by atoms with Crippen molar-refractivity contribution in [1.29, 1.82) is 0 Å². The number of aliphatic hydroxyl groups is 1. The highest BCUT2D eigenvalue weighted by Gasteiger charge is 2.47. The molecular formula is C16H11F2NO3. The Hall–Kier alpha value is -2.60. The van der Waals surface area contributed by atoms with E-state index in [9.17, 15) is 23.5 Å². The first kappa shape index (κ1) is 14.3. The molecule has 0 saturated heterocycles. The van der Waals surface area contributed by atoms with Crippen molar-refractivity contribution >= 4 is 17.4 Å². The molecule has 1 atom stereocenters. The van der Waals surface area contributed by atoms with Crippen LogP contribution in [0.1, 0.15) is 22.3 Å². The van der Waals surface area contributed by atoms with Crippen molar-refractivity contribution in [3.8, 4) is 0 Å². The van der Waals surface area contributed by atoms with E-state index in [0.29, 0.717) is 0 Å². The van der Waals surface area contributed by atoms with Crippen molar-refractivity contribution in [2.24, 2.45) is 0 Å². The number of benzene rings is 2. The van der Waals surface area contributed by atoms with Crippen LogP contribution in [0, 0.1) is 11.6 Å². The number of ketones is 1. The van der Waals surface area contributed by atoms with E-state index in [4.69, 9.17) is 0 Å². The fraction of sp³-hybridized carbons (Fsp3) is 0.125. The monoisotopic (exact) mass is 303 g/mol. The van der Waals surface area contributed by atoms with Crippen molar-refractivity contribution in [2.75, 3.05) is 5.32 Å². The lowest BCUT2D eigenvalue weighted by Crippen LogP contribution is -2.36. The van der Waals surface area contributed by atoms with Crippen molar-refractivity contribution in [3.63, 3.8) is 0 Å². The summed E-state index contributed by atoms with van der Waals surface area (Å²) in [4.78, 5) is 24.2. The van der Waals surface area contributed by atoms with Crippen LogP contribution in [0.3, 0.4) is 0 Å². The van der Waals surface area contributed by atoms with Crippen LogP contribution < -0.4 is 5.32 Å². The van der Waals surface area contributed by atoms with Crippen LogP contribution in [0.4, 0.5) is 14.5 Å². The molecule has 0 saturated carbocycles. The van der Waals surface area contributed by atoms with E-state index in [1.54, 1.807) is 0 Å². The standard InChI is InChI=1S/C16H11F2NO3/c17-10-3-1-9(2-4-10)14(20)8-16(22)12-7-11(18)5-6-13(12)19-15(16)21/h1-7,22H,8H2,(H,19,21)/t16-/m1/s1. The molecule has 2 N–H and O–H groups in total. The molecule has 4 nitrogen and oxygen atoms in total. The molecule has 112 valence electrons. The second-order valence-corrected chi connectivity index (χ2v) is 5.11. The number of rotatable bonds is 3. The molecule has 0 spiro atoms. The Kier molecular flexibility index (Phi) is 3.26. The average molecular weight is 303 g/mol. The summed E-state index contributed by atoms with van der Waals surface area (Å²) in [6.45, 7) is 0. The highest BCUT2D eigenvalue weighted by molar-refractivity contribution is 6.09. The summed E-state index contributed by atoms with van der Waals surface area (Å²) in [5.41, 5.74) is -1.69. The Morgan fingerprint density at radius 2 is 1.73 bits per heavy atom.